The molecule has 1 fully saturated rings. The number of hydrogen-bond donors (Lipinski definition) is 2. The molecule has 2 aromatic rings. The summed E-state index contributed by atoms with van der Waals surface area (Å²) >= 11 is 0. The van der Waals surface area contributed by atoms with Gasteiger partial charge in [0.2, 0.25) is 0 Å². The van der Waals surface area contributed by atoms with Crippen molar-refractivity contribution in [2.24, 2.45) is 0 Å². The molecule has 6 heteroatoms. The van der Waals surface area contributed by atoms with Crippen molar-refractivity contribution in [3.63, 3.8) is 0 Å². The lowest BCUT2D eigenvalue weighted by Crippen LogP contribution is -2.34. The summed E-state index contributed by atoms with van der Waals surface area (Å²) in [4.78, 5) is 12.0. The van der Waals surface area contributed by atoms with E-state index in [0.717, 1.165) is 37.8 Å². The van der Waals surface area contributed by atoms with Crippen LogP contribution in [0.25, 0.3) is 0 Å². The minimum absolute atomic E-state index is 0.235. The molecule has 1 amide bonds. The molecule has 0 aliphatic heterocycles. The van der Waals surface area contributed by atoms with Crippen molar-refractivity contribution in [3.8, 4) is 5.75 Å². The van der Waals surface area contributed by atoms with Crippen molar-refractivity contribution in [3.05, 3.63) is 59.7 Å². The van der Waals surface area contributed by atoms with E-state index in [4.69, 9.17) is 4.74 Å². The number of carbonyl (C=O) groups excluding carboxylic acids is 1. The molecule has 2 aromatic carbocycles. The van der Waals surface area contributed by atoms with Gasteiger partial charge in [-0.1, -0.05) is 12.5 Å². The number of halogens is 2. The normalized spacial score (nSPS) is 20.1. The predicted molar refractivity (Wildman–Crippen MR) is 89.6 cm³/mol. The molecule has 0 heterocycles. The van der Waals surface area contributed by atoms with Crippen molar-refractivity contribution in [2.75, 3.05) is 5.32 Å². The number of carbonyl (C=O) groups is 1. The fourth-order valence-corrected chi connectivity index (χ4v) is 2.91. The SMILES string of the molecule is O=C(Nc1ccc(OC2CCCCC2O)cc1)c1c(F)cccc1F. The molecule has 25 heavy (non-hydrogen) atoms. The standard InChI is InChI=1S/C19H19F2NO3/c20-14-4-3-5-15(21)18(14)19(24)22-12-8-10-13(11-9-12)25-17-7-2-1-6-16(17)23/h3-5,8-11,16-17,23H,1-2,6-7H2,(H,22,24). The van der Waals surface area contributed by atoms with Crippen LogP contribution in [0.4, 0.5) is 14.5 Å². The highest BCUT2D eigenvalue weighted by molar-refractivity contribution is 6.04. The second kappa shape index (κ2) is 7.61. The summed E-state index contributed by atoms with van der Waals surface area (Å²) < 4.78 is 33.0. The maximum atomic E-state index is 13.6. The number of anilines is 1. The van der Waals surface area contributed by atoms with Gasteiger partial charge < -0.3 is 15.2 Å². The van der Waals surface area contributed by atoms with Crippen molar-refractivity contribution in [1.82, 2.24) is 0 Å². The van der Waals surface area contributed by atoms with Crippen LogP contribution in [-0.4, -0.2) is 23.2 Å². The van der Waals surface area contributed by atoms with Crippen molar-refractivity contribution < 1.29 is 23.4 Å². The smallest absolute Gasteiger partial charge is 0.261 e. The molecule has 3 rings (SSSR count). The van der Waals surface area contributed by atoms with E-state index < -0.39 is 29.2 Å². The molecule has 2 N–H and O–H groups in total. The van der Waals surface area contributed by atoms with Crippen molar-refractivity contribution in [1.29, 1.82) is 0 Å². The van der Waals surface area contributed by atoms with Gasteiger partial charge in [-0.3, -0.25) is 4.79 Å². The molecule has 0 radical (unpaired) electrons. The fraction of sp³-hybridized carbons (Fsp3) is 0.316. The quantitative estimate of drug-likeness (QED) is 0.882. The second-order valence-electron chi connectivity index (χ2n) is 6.08. The average molecular weight is 347 g/mol. The van der Waals surface area contributed by atoms with Crippen LogP contribution in [0, 0.1) is 11.6 Å². The molecule has 2 unspecified atom stereocenters. The molecule has 4 nitrogen and oxygen atoms in total. The maximum absolute atomic E-state index is 13.6. The summed E-state index contributed by atoms with van der Waals surface area (Å²) in [5.74, 6) is -2.11. The number of amides is 1. The van der Waals surface area contributed by atoms with E-state index in [1.807, 2.05) is 0 Å². The van der Waals surface area contributed by atoms with Gasteiger partial charge in [0.15, 0.2) is 0 Å². The summed E-state index contributed by atoms with van der Waals surface area (Å²) in [5, 5.41) is 12.4. The highest BCUT2D eigenvalue weighted by Gasteiger charge is 2.24. The van der Waals surface area contributed by atoms with Gasteiger partial charge in [0.25, 0.3) is 5.91 Å². The largest absolute Gasteiger partial charge is 0.488 e. The van der Waals surface area contributed by atoms with E-state index in [2.05, 4.69) is 5.32 Å². The Balaban J connectivity index is 1.65. The molecular formula is C19H19F2NO3. The average Bonchev–Trinajstić information content (AvgIpc) is 2.58. The van der Waals surface area contributed by atoms with E-state index in [1.54, 1.807) is 24.3 Å². The number of aliphatic hydroxyl groups is 1. The third kappa shape index (κ3) is 4.14. The number of hydrogen-bond acceptors (Lipinski definition) is 3. The molecule has 0 spiro atoms. The maximum Gasteiger partial charge on any atom is 0.261 e. The van der Waals surface area contributed by atoms with Crippen LogP contribution in [0.3, 0.4) is 0 Å². The first-order chi connectivity index (χ1) is 12.0. The Kier molecular flexibility index (Phi) is 5.28. The van der Waals surface area contributed by atoms with Crippen LogP contribution >= 0.6 is 0 Å². The Morgan fingerprint density at radius 2 is 1.68 bits per heavy atom. The van der Waals surface area contributed by atoms with Crippen LogP contribution < -0.4 is 10.1 Å². The van der Waals surface area contributed by atoms with Gasteiger partial charge in [0.05, 0.1) is 6.10 Å². The number of aliphatic hydroxyl groups excluding tert-OH is 1. The van der Waals surface area contributed by atoms with Crippen LogP contribution in [-0.2, 0) is 0 Å². The van der Waals surface area contributed by atoms with E-state index >= 15 is 0 Å². The zero-order valence-electron chi connectivity index (χ0n) is 13.5. The molecule has 0 aromatic heterocycles. The number of rotatable bonds is 4. The zero-order chi connectivity index (χ0) is 17.8. The topological polar surface area (TPSA) is 58.6 Å². The summed E-state index contributed by atoms with van der Waals surface area (Å²) in [6.07, 6.45) is 2.83. The molecular weight excluding hydrogens is 328 g/mol. The van der Waals surface area contributed by atoms with E-state index in [0.29, 0.717) is 11.4 Å². The fourth-order valence-electron chi connectivity index (χ4n) is 2.91. The minimum atomic E-state index is -0.913. The van der Waals surface area contributed by atoms with E-state index in [1.165, 1.54) is 6.07 Å². The zero-order valence-corrected chi connectivity index (χ0v) is 13.5. The first kappa shape index (κ1) is 17.4. The third-order valence-electron chi connectivity index (χ3n) is 4.26. The third-order valence-corrected chi connectivity index (χ3v) is 4.26. The summed E-state index contributed by atoms with van der Waals surface area (Å²) in [5.41, 5.74) is -0.225. The van der Waals surface area contributed by atoms with Crippen molar-refractivity contribution >= 4 is 11.6 Å². The van der Waals surface area contributed by atoms with Crippen LogP contribution in [0.5, 0.6) is 5.75 Å². The first-order valence-corrected chi connectivity index (χ1v) is 8.25. The van der Waals surface area contributed by atoms with Gasteiger partial charge in [-0.05, 0) is 55.7 Å². The second-order valence-corrected chi connectivity index (χ2v) is 6.08. The lowest BCUT2D eigenvalue weighted by Gasteiger charge is -2.28. The van der Waals surface area contributed by atoms with E-state index in [9.17, 15) is 18.7 Å². The summed E-state index contributed by atoms with van der Waals surface area (Å²) in [6, 6.07) is 9.73. The lowest BCUT2D eigenvalue weighted by atomic mass is 9.95. The van der Waals surface area contributed by atoms with Gasteiger partial charge >= 0.3 is 0 Å². The molecule has 0 bridgehead atoms. The molecule has 1 saturated carbocycles. The summed E-state index contributed by atoms with van der Waals surface area (Å²) in [6.45, 7) is 0. The number of benzene rings is 2. The Hall–Kier alpha value is -2.47. The van der Waals surface area contributed by atoms with Crippen LogP contribution in [0.15, 0.2) is 42.5 Å². The Bertz CT molecular complexity index is 729. The number of ether oxygens (including phenoxy) is 1. The van der Waals surface area contributed by atoms with Gasteiger partial charge in [0, 0.05) is 5.69 Å². The molecule has 1 aliphatic carbocycles. The van der Waals surface area contributed by atoms with Gasteiger partial charge in [-0.15, -0.1) is 0 Å². The van der Waals surface area contributed by atoms with Crippen LogP contribution in [0.1, 0.15) is 36.0 Å². The van der Waals surface area contributed by atoms with Gasteiger partial charge in [0.1, 0.15) is 29.1 Å². The van der Waals surface area contributed by atoms with Crippen LogP contribution in [0.2, 0.25) is 0 Å². The highest BCUT2D eigenvalue weighted by Crippen LogP contribution is 2.25. The predicted octanol–water partition coefficient (Wildman–Crippen LogP) is 3.90. The van der Waals surface area contributed by atoms with Gasteiger partial charge in [-0.25, -0.2) is 8.78 Å². The molecule has 132 valence electrons. The van der Waals surface area contributed by atoms with E-state index in [-0.39, 0.29) is 6.10 Å². The minimum Gasteiger partial charge on any atom is -0.488 e. The monoisotopic (exact) mass is 347 g/mol. The highest BCUT2D eigenvalue weighted by atomic mass is 19.1. The Morgan fingerprint density at radius 1 is 1.04 bits per heavy atom. The number of nitrogens with one attached hydrogen (secondary N) is 1. The van der Waals surface area contributed by atoms with Crippen molar-refractivity contribution in [2.45, 2.75) is 37.9 Å². The molecule has 1 aliphatic rings. The molecule has 2 atom stereocenters. The Labute approximate surface area is 144 Å². The lowest BCUT2D eigenvalue weighted by molar-refractivity contribution is 0.00688. The first-order valence-electron chi connectivity index (χ1n) is 8.25. The Morgan fingerprint density at radius 3 is 2.32 bits per heavy atom. The molecule has 0 saturated heterocycles. The van der Waals surface area contributed by atoms with Gasteiger partial charge in [-0.2, -0.15) is 0 Å². The summed E-state index contributed by atoms with van der Waals surface area (Å²) in [7, 11) is 0.